The molecule has 0 spiro atoms. The van der Waals surface area contributed by atoms with Crippen LogP contribution in [0.15, 0.2) is 36.2 Å². The van der Waals surface area contributed by atoms with Gasteiger partial charge in [0.2, 0.25) is 5.91 Å². The van der Waals surface area contributed by atoms with Crippen molar-refractivity contribution in [2.75, 3.05) is 5.32 Å². The number of aliphatic carboxylic acids is 1. The van der Waals surface area contributed by atoms with Crippen LogP contribution in [0.5, 0.6) is 0 Å². The predicted molar refractivity (Wildman–Crippen MR) is 67.8 cm³/mol. The number of carboxylic acids is 1. The van der Waals surface area contributed by atoms with E-state index in [1.54, 1.807) is 18.3 Å². The van der Waals surface area contributed by atoms with Gasteiger partial charge in [-0.25, -0.2) is 0 Å². The number of anilines is 1. The Bertz CT molecular complexity index is 511. The van der Waals surface area contributed by atoms with Gasteiger partial charge in [-0.05, 0) is 31.9 Å². The van der Waals surface area contributed by atoms with Crippen molar-refractivity contribution in [3.05, 3.63) is 36.2 Å². The third kappa shape index (κ3) is 3.19. The van der Waals surface area contributed by atoms with Gasteiger partial charge in [-0.15, -0.1) is 0 Å². The maximum atomic E-state index is 12.2. The van der Waals surface area contributed by atoms with Crippen molar-refractivity contribution in [3.63, 3.8) is 0 Å². The molecule has 1 amide bonds. The zero-order valence-electron chi connectivity index (χ0n) is 10.6. The molecule has 0 bridgehead atoms. The summed E-state index contributed by atoms with van der Waals surface area (Å²) in [5, 5.41) is 13.8. The summed E-state index contributed by atoms with van der Waals surface area (Å²) in [6.07, 6.45) is 5.78. The van der Waals surface area contributed by atoms with E-state index >= 15 is 0 Å². The Kier molecular flexibility index (Phi) is 3.94. The van der Waals surface area contributed by atoms with Gasteiger partial charge in [-0.2, -0.15) is 0 Å². The second-order valence-electron chi connectivity index (χ2n) is 4.75. The molecule has 5 nitrogen and oxygen atoms in total. The quantitative estimate of drug-likeness (QED) is 0.812. The molecule has 2 atom stereocenters. The van der Waals surface area contributed by atoms with Crippen LogP contribution in [0.4, 0.5) is 5.69 Å². The van der Waals surface area contributed by atoms with Crippen molar-refractivity contribution in [2.24, 2.45) is 11.8 Å². The standard InChI is InChI=1S/C14H16N2O3/c1-9-4-5-11(14(18)19)12(7-9)13(17)16-10-3-2-6-15-8-10/h2-4,6,8,11-12H,5,7H2,1H3,(H,16,17)(H,18,19)/p-1/t11-,12+/m1/s1. The van der Waals surface area contributed by atoms with Crippen LogP contribution in [-0.4, -0.2) is 16.9 Å². The molecule has 1 aliphatic carbocycles. The van der Waals surface area contributed by atoms with E-state index in [9.17, 15) is 14.7 Å². The highest BCUT2D eigenvalue weighted by molar-refractivity contribution is 5.95. The molecule has 0 aromatic carbocycles. The van der Waals surface area contributed by atoms with Crippen molar-refractivity contribution >= 4 is 17.6 Å². The SMILES string of the molecule is CC1=CC[C@@H](C(=O)[O-])[C@@H](C(=O)Nc2cccnc2)C1. The van der Waals surface area contributed by atoms with Crippen LogP contribution in [0, 0.1) is 11.8 Å². The highest BCUT2D eigenvalue weighted by Crippen LogP contribution is 2.30. The number of nitrogens with one attached hydrogen (secondary N) is 1. The number of nitrogens with zero attached hydrogens (tertiary/aromatic N) is 1. The van der Waals surface area contributed by atoms with Gasteiger partial charge in [0.05, 0.1) is 17.8 Å². The average molecular weight is 259 g/mol. The Labute approximate surface area is 111 Å². The van der Waals surface area contributed by atoms with E-state index in [0.29, 0.717) is 18.5 Å². The molecular formula is C14H15N2O3-. The van der Waals surface area contributed by atoms with E-state index in [1.807, 2.05) is 13.0 Å². The number of rotatable bonds is 3. The van der Waals surface area contributed by atoms with Crippen LogP contribution in [0.25, 0.3) is 0 Å². The molecule has 19 heavy (non-hydrogen) atoms. The molecule has 1 heterocycles. The van der Waals surface area contributed by atoms with Crippen molar-refractivity contribution in [2.45, 2.75) is 19.8 Å². The number of carbonyl (C=O) groups is 2. The first kappa shape index (κ1) is 13.3. The molecule has 1 N–H and O–H groups in total. The van der Waals surface area contributed by atoms with E-state index in [1.165, 1.54) is 6.20 Å². The summed E-state index contributed by atoms with van der Waals surface area (Å²) >= 11 is 0. The van der Waals surface area contributed by atoms with Gasteiger partial charge >= 0.3 is 0 Å². The Balaban J connectivity index is 2.12. The number of allylic oxidation sites excluding steroid dienone is 2. The number of aromatic nitrogens is 1. The fourth-order valence-electron chi connectivity index (χ4n) is 2.27. The van der Waals surface area contributed by atoms with Crippen LogP contribution in [-0.2, 0) is 9.59 Å². The minimum absolute atomic E-state index is 0.297. The summed E-state index contributed by atoms with van der Waals surface area (Å²) in [4.78, 5) is 27.2. The summed E-state index contributed by atoms with van der Waals surface area (Å²) in [6, 6.07) is 3.42. The van der Waals surface area contributed by atoms with E-state index in [-0.39, 0.29) is 5.91 Å². The minimum Gasteiger partial charge on any atom is -0.550 e. The summed E-state index contributed by atoms with van der Waals surface area (Å²) < 4.78 is 0. The van der Waals surface area contributed by atoms with Crippen LogP contribution in [0.1, 0.15) is 19.8 Å². The molecule has 1 aromatic rings. The van der Waals surface area contributed by atoms with E-state index < -0.39 is 17.8 Å². The summed E-state index contributed by atoms with van der Waals surface area (Å²) in [5.41, 5.74) is 1.60. The first-order chi connectivity index (χ1) is 9.08. The van der Waals surface area contributed by atoms with Crippen molar-refractivity contribution < 1.29 is 14.7 Å². The molecule has 2 rings (SSSR count). The lowest BCUT2D eigenvalue weighted by molar-refractivity contribution is -0.313. The molecule has 0 saturated heterocycles. The van der Waals surface area contributed by atoms with Crippen molar-refractivity contribution in [3.8, 4) is 0 Å². The lowest BCUT2D eigenvalue weighted by Gasteiger charge is -2.30. The van der Waals surface area contributed by atoms with E-state index in [0.717, 1.165) is 5.57 Å². The Morgan fingerprint density at radius 2 is 2.21 bits per heavy atom. The first-order valence-electron chi connectivity index (χ1n) is 6.15. The first-order valence-corrected chi connectivity index (χ1v) is 6.15. The monoisotopic (exact) mass is 259 g/mol. The Morgan fingerprint density at radius 1 is 1.42 bits per heavy atom. The lowest BCUT2D eigenvalue weighted by Crippen LogP contribution is -2.42. The highest BCUT2D eigenvalue weighted by atomic mass is 16.4. The van der Waals surface area contributed by atoms with Gasteiger partial charge < -0.3 is 15.2 Å². The molecule has 5 heteroatoms. The fourth-order valence-corrected chi connectivity index (χ4v) is 2.27. The van der Waals surface area contributed by atoms with Crippen molar-refractivity contribution in [1.82, 2.24) is 4.98 Å². The van der Waals surface area contributed by atoms with Gasteiger partial charge in [0, 0.05) is 18.1 Å². The maximum Gasteiger partial charge on any atom is 0.228 e. The van der Waals surface area contributed by atoms with Gasteiger partial charge in [0.25, 0.3) is 0 Å². The topological polar surface area (TPSA) is 82.1 Å². The zero-order valence-corrected chi connectivity index (χ0v) is 10.6. The molecule has 1 aromatic heterocycles. The molecular weight excluding hydrogens is 244 g/mol. The number of amides is 1. The van der Waals surface area contributed by atoms with Crippen LogP contribution >= 0.6 is 0 Å². The third-order valence-corrected chi connectivity index (χ3v) is 3.32. The molecule has 100 valence electrons. The molecule has 0 fully saturated rings. The highest BCUT2D eigenvalue weighted by Gasteiger charge is 2.31. The summed E-state index contributed by atoms with van der Waals surface area (Å²) in [5.74, 6) is -2.82. The largest absolute Gasteiger partial charge is 0.550 e. The molecule has 0 unspecified atom stereocenters. The number of hydrogen-bond donors (Lipinski definition) is 1. The molecule has 0 radical (unpaired) electrons. The number of carbonyl (C=O) groups excluding carboxylic acids is 2. The number of carboxylic acid groups (broad SMARTS) is 1. The van der Waals surface area contributed by atoms with Crippen LogP contribution in [0.2, 0.25) is 0 Å². The van der Waals surface area contributed by atoms with Gasteiger partial charge in [-0.3, -0.25) is 9.78 Å². The molecule has 0 saturated carbocycles. The average Bonchev–Trinajstić information content (AvgIpc) is 2.39. The van der Waals surface area contributed by atoms with E-state index in [2.05, 4.69) is 10.3 Å². The smallest absolute Gasteiger partial charge is 0.228 e. The number of hydrogen-bond acceptors (Lipinski definition) is 4. The second-order valence-corrected chi connectivity index (χ2v) is 4.75. The van der Waals surface area contributed by atoms with Gasteiger partial charge in [0.1, 0.15) is 0 Å². The number of pyridine rings is 1. The summed E-state index contributed by atoms with van der Waals surface area (Å²) in [7, 11) is 0. The predicted octanol–water partition coefficient (Wildman–Crippen LogP) is 0.742. The molecule has 1 aliphatic rings. The Morgan fingerprint density at radius 3 is 2.84 bits per heavy atom. The molecule has 0 aliphatic heterocycles. The summed E-state index contributed by atoms with van der Waals surface area (Å²) in [6.45, 7) is 1.90. The van der Waals surface area contributed by atoms with Crippen LogP contribution in [0.3, 0.4) is 0 Å². The minimum atomic E-state index is -1.17. The third-order valence-electron chi connectivity index (χ3n) is 3.32. The van der Waals surface area contributed by atoms with Crippen LogP contribution < -0.4 is 10.4 Å². The van der Waals surface area contributed by atoms with Gasteiger partial charge in [0.15, 0.2) is 0 Å². The maximum absolute atomic E-state index is 12.2. The zero-order chi connectivity index (χ0) is 13.8. The Hall–Kier alpha value is -2.17. The lowest BCUT2D eigenvalue weighted by atomic mass is 9.79. The van der Waals surface area contributed by atoms with Crippen molar-refractivity contribution in [1.29, 1.82) is 0 Å². The van der Waals surface area contributed by atoms with E-state index in [4.69, 9.17) is 0 Å². The second kappa shape index (κ2) is 5.65. The normalized spacial score (nSPS) is 22.5. The fraction of sp³-hybridized carbons (Fsp3) is 0.357. The van der Waals surface area contributed by atoms with Gasteiger partial charge in [-0.1, -0.05) is 11.6 Å².